The molecule has 0 unspecified atom stereocenters. The molecule has 1 N–H and O–H groups in total. The lowest BCUT2D eigenvalue weighted by molar-refractivity contribution is -0.121. The van der Waals surface area contributed by atoms with Gasteiger partial charge in [-0.15, -0.1) is 0 Å². The quantitative estimate of drug-likeness (QED) is 0.537. The first-order valence-electron chi connectivity index (χ1n) is 8.64. The molecule has 3 rings (SSSR count). The molecule has 128 valence electrons. The molecule has 0 radical (unpaired) electrons. The van der Waals surface area contributed by atoms with E-state index in [4.69, 9.17) is 0 Å². The summed E-state index contributed by atoms with van der Waals surface area (Å²) in [6.45, 7) is 5.12. The van der Waals surface area contributed by atoms with Crippen LogP contribution in [0.4, 0.5) is 0 Å². The molecular formula is C21H23N3O. The molecular weight excluding hydrogens is 310 g/mol. The minimum Gasteiger partial charge on any atom is -0.344 e. The summed E-state index contributed by atoms with van der Waals surface area (Å²) < 4.78 is 2.26. The van der Waals surface area contributed by atoms with Crippen molar-refractivity contribution in [2.75, 3.05) is 0 Å². The number of carbonyl (C=O) groups excluding carboxylic acids is 1. The van der Waals surface area contributed by atoms with Crippen LogP contribution in [0.25, 0.3) is 10.9 Å². The Morgan fingerprint density at radius 3 is 2.60 bits per heavy atom. The monoisotopic (exact) mass is 333 g/mol. The van der Waals surface area contributed by atoms with Crippen molar-refractivity contribution in [3.05, 3.63) is 71.4 Å². The zero-order valence-electron chi connectivity index (χ0n) is 14.7. The fourth-order valence-electron chi connectivity index (χ4n) is 3.16. The largest absolute Gasteiger partial charge is 0.344 e. The molecule has 4 nitrogen and oxygen atoms in total. The topological polar surface area (TPSA) is 46.4 Å². The van der Waals surface area contributed by atoms with Crippen molar-refractivity contribution >= 4 is 23.0 Å². The van der Waals surface area contributed by atoms with Crippen LogP contribution in [0.2, 0.25) is 0 Å². The number of fused-ring (bicyclic) bond motifs is 1. The van der Waals surface area contributed by atoms with E-state index in [1.165, 1.54) is 5.52 Å². The van der Waals surface area contributed by atoms with Gasteiger partial charge in [0.2, 0.25) is 5.91 Å². The second kappa shape index (κ2) is 7.79. The highest BCUT2D eigenvalue weighted by Gasteiger charge is 2.10. The number of hydrazone groups is 1. The van der Waals surface area contributed by atoms with Crippen molar-refractivity contribution in [3.63, 3.8) is 0 Å². The molecule has 0 bridgehead atoms. The van der Waals surface area contributed by atoms with Crippen LogP contribution in [-0.4, -0.2) is 16.7 Å². The van der Waals surface area contributed by atoms with E-state index in [2.05, 4.69) is 41.1 Å². The average Bonchev–Trinajstić information content (AvgIpc) is 2.92. The Morgan fingerprint density at radius 2 is 1.84 bits per heavy atom. The number of nitrogens with zero attached hydrogens (tertiary/aromatic N) is 2. The SMILES string of the molecule is CCn1c(C)c(/C=N\NC(=O)CCc2ccccc2)c2ccccc21. The number of carbonyl (C=O) groups is 1. The number of nitrogens with one attached hydrogen (secondary N) is 1. The molecule has 1 heterocycles. The van der Waals surface area contributed by atoms with Gasteiger partial charge in [0.05, 0.1) is 6.21 Å². The lowest BCUT2D eigenvalue weighted by Gasteiger charge is -2.03. The van der Waals surface area contributed by atoms with E-state index in [0.29, 0.717) is 6.42 Å². The number of hydrogen-bond acceptors (Lipinski definition) is 2. The lowest BCUT2D eigenvalue weighted by atomic mass is 10.1. The third-order valence-corrected chi connectivity index (χ3v) is 4.46. The number of amides is 1. The molecule has 0 atom stereocenters. The molecule has 0 saturated carbocycles. The molecule has 0 aliphatic rings. The minimum absolute atomic E-state index is 0.0722. The van der Waals surface area contributed by atoms with Gasteiger partial charge in [0.25, 0.3) is 0 Å². The molecule has 1 aromatic heterocycles. The van der Waals surface area contributed by atoms with Crippen LogP contribution in [-0.2, 0) is 17.8 Å². The zero-order valence-corrected chi connectivity index (χ0v) is 14.7. The van der Waals surface area contributed by atoms with Crippen molar-refractivity contribution in [1.82, 2.24) is 9.99 Å². The van der Waals surface area contributed by atoms with Gasteiger partial charge in [0.1, 0.15) is 0 Å². The van der Waals surface area contributed by atoms with Gasteiger partial charge in [-0.25, -0.2) is 5.43 Å². The minimum atomic E-state index is -0.0722. The summed E-state index contributed by atoms with van der Waals surface area (Å²) in [5.74, 6) is -0.0722. The summed E-state index contributed by atoms with van der Waals surface area (Å²) >= 11 is 0. The fourth-order valence-corrected chi connectivity index (χ4v) is 3.16. The predicted molar refractivity (Wildman–Crippen MR) is 103 cm³/mol. The Balaban J connectivity index is 1.67. The van der Waals surface area contributed by atoms with Gasteiger partial charge >= 0.3 is 0 Å². The summed E-state index contributed by atoms with van der Waals surface area (Å²) in [6, 6.07) is 18.3. The van der Waals surface area contributed by atoms with Crippen LogP contribution in [0.5, 0.6) is 0 Å². The molecule has 0 saturated heterocycles. The van der Waals surface area contributed by atoms with Gasteiger partial charge in [-0.05, 0) is 31.9 Å². The van der Waals surface area contributed by atoms with Crippen molar-refractivity contribution in [2.24, 2.45) is 5.10 Å². The number of hydrogen-bond donors (Lipinski definition) is 1. The number of benzene rings is 2. The number of aromatic nitrogens is 1. The van der Waals surface area contributed by atoms with Gasteiger partial charge in [-0.2, -0.15) is 5.10 Å². The van der Waals surface area contributed by atoms with E-state index in [0.717, 1.165) is 35.2 Å². The van der Waals surface area contributed by atoms with Gasteiger partial charge in [-0.3, -0.25) is 4.79 Å². The summed E-state index contributed by atoms with van der Waals surface area (Å²) in [6.07, 6.45) is 2.90. The van der Waals surface area contributed by atoms with Gasteiger partial charge in [0, 0.05) is 35.1 Å². The number of aryl methyl sites for hydroxylation is 2. The molecule has 0 fully saturated rings. The van der Waals surface area contributed by atoms with Gasteiger partial charge < -0.3 is 4.57 Å². The Kier molecular flexibility index (Phi) is 5.29. The summed E-state index contributed by atoms with van der Waals surface area (Å²) in [7, 11) is 0. The highest BCUT2D eigenvalue weighted by atomic mass is 16.2. The van der Waals surface area contributed by atoms with Crippen LogP contribution in [0, 0.1) is 6.92 Å². The van der Waals surface area contributed by atoms with Crippen LogP contribution >= 0.6 is 0 Å². The summed E-state index contributed by atoms with van der Waals surface area (Å²) in [5.41, 5.74) is 7.21. The smallest absolute Gasteiger partial charge is 0.240 e. The maximum absolute atomic E-state index is 12.0. The Bertz CT molecular complexity index is 894. The molecule has 2 aromatic carbocycles. The Labute approximate surface area is 148 Å². The fraction of sp³-hybridized carbons (Fsp3) is 0.238. The molecule has 0 aliphatic heterocycles. The molecule has 25 heavy (non-hydrogen) atoms. The number of para-hydroxylation sites is 1. The third-order valence-electron chi connectivity index (χ3n) is 4.46. The standard InChI is InChI=1S/C21H23N3O/c1-3-24-16(2)19(18-11-7-8-12-20(18)24)15-22-23-21(25)14-13-17-9-5-4-6-10-17/h4-12,15H,3,13-14H2,1-2H3,(H,23,25)/b22-15-. The first kappa shape index (κ1) is 17.0. The highest BCUT2D eigenvalue weighted by Crippen LogP contribution is 2.24. The second-order valence-corrected chi connectivity index (χ2v) is 6.04. The van der Waals surface area contributed by atoms with Crippen LogP contribution in [0.1, 0.15) is 30.2 Å². The van der Waals surface area contributed by atoms with E-state index in [1.807, 2.05) is 42.5 Å². The maximum Gasteiger partial charge on any atom is 0.240 e. The van der Waals surface area contributed by atoms with E-state index >= 15 is 0 Å². The van der Waals surface area contributed by atoms with E-state index in [9.17, 15) is 4.79 Å². The van der Waals surface area contributed by atoms with Crippen molar-refractivity contribution in [2.45, 2.75) is 33.2 Å². The van der Waals surface area contributed by atoms with Crippen molar-refractivity contribution < 1.29 is 4.79 Å². The van der Waals surface area contributed by atoms with Crippen molar-refractivity contribution in [1.29, 1.82) is 0 Å². The second-order valence-electron chi connectivity index (χ2n) is 6.04. The van der Waals surface area contributed by atoms with E-state index in [1.54, 1.807) is 6.21 Å². The van der Waals surface area contributed by atoms with Crippen LogP contribution < -0.4 is 5.43 Å². The predicted octanol–water partition coefficient (Wildman–Crippen LogP) is 4.05. The highest BCUT2D eigenvalue weighted by molar-refractivity contribution is 6.01. The van der Waals surface area contributed by atoms with Crippen LogP contribution in [0.3, 0.4) is 0 Å². The Morgan fingerprint density at radius 1 is 1.12 bits per heavy atom. The molecule has 1 amide bonds. The molecule has 0 spiro atoms. The molecule has 3 aromatic rings. The summed E-state index contributed by atoms with van der Waals surface area (Å²) in [4.78, 5) is 12.0. The van der Waals surface area contributed by atoms with E-state index < -0.39 is 0 Å². The number of rotatable bonds is 6. The first-order chi connectivity index (χ1) is 12.2. The van der Waals surface area contributed by atoms with Crippen LogP contribution in [0.15, 0.2) is 59.7 Å². The average molecular weight is 333 g/mol. The first-order valence-corrected chi connectivity index (χ1v) is 8.64. The zero-order chi connectivity index (χ0) is 17.6. The lowest BCUT2D eigenvalue weighted by Crippen LogP contribution is -2.17. The van der Waals surface area contributed by atoms with Gasteiger partial charge in [0.15, 0.2) is 0 Å². The van der Waals surface area contributed by atoms with E-state index in [-0.39, 0.29) is 5.91 Å². The van der Waals surface area contributed by atoms with Gasteiger partial charge in [-0.1, -0.05) is 48.5 Å². The molecule has 4 heteroatoms. The Hall–Kier alpha value is -2.88. The normalized spacial score (nSPS) is 11.3. The van der Waals surface area contributed by atoms with Crippen molar-refractivity contribution in [3.8, 4) is 0 Å². The summed E-state index contributed by atoms with van der Waals surface area (Å²) in [5, 5.41) is 5.33. The third kappa shape index (κ3) is 3.79. The molecule has 0 aliphatic carbocycles. The maximum atomic E-state index is 12.0.